The van der Waals surface area contributed by atoms with Crippen LogP contribution in [0, 0.1) is 5.41 Å². The highest BCUT2D eigenvalue weighted by molar-refractivity contribution is 5.66. The summed E-state index contributed by atoms with van der Waals surface area (Å²) in [5, 5.41) is 8.53. The zero-order valence-corrected chi connectivity index (χ0v) is 14.0. The van der Waals surface area contributed by atoms with E-state index < -0.39 is 5.97 Å². The van der Waals surface area contributed by atoms with Crippen molar-refractivity contribution in [3.05, 3.63) is 0 Å². The molecule has 0 bridgehead atoms. The average molecular weight is 284 g/mol. The summed E-state index contributed by atoms with van der Waals surface area (Å²) in [4.78, 5) is 10.3. The molecule has 0 aliphatic heterocycles. The fraction of sp³-hybridized carbons (Fsp3) is 0.944. The van der Waals surface area contributed by atoms with Crippen molar-refractivity contribution in [2.24, 2.45) is 5.41 Å². The largest absolute Gasteiger partial charge is 0.481 e. The predicted molar refractivity (Wildman–Crippen MR) is 87.1 cm³/mol. The lowest BCUT2D eigenvalue weighted by Gasteiger charge is -2.26. The lowest BCUT2D eigenvalue weighted by molar-refractivity contribution is -0.137. The topological polar surface area (TPSA) is 37.3 Å². The third-order valence-electron chi connectivity index (χ3n) is 4.88. The minimum absolute atomic E-state index is 0.341. The van der Waals surface area contributed by atoms with Gasteiger partial charge >= 0.3 is 5.97 Å². The van der Waals surface area contributed by atoms with E-state index in [1.54, 1.807) is 0 Å². The van der Waals surface area contributed by atoms with E-state index in [0.29, 0.717) is 11.8 Å². The molecule has 0 atom stereocenters. The average Bonchev–Trinajstić information content (AvgIpc) is 2.44. The van der Waals surface area contributed by atoms with Crippen LogP contribution in [0.2, 0.25) is 0 Å². The van der Waals surface area contributed by atoms with Crippen molar-refractivity contribution in [3.63, 3.8) is 0 Å². The van der Waals surface area contributed by atoms with Gasteiger partial charge in [-0.15, -0.1) is 0 Å². The Morgan fingerprint density at radius 3 is 1.60 bits per heavy atom. The van der Waals surface area contributed by atoms with Crippen molar-refractivity contribution in [1.29, 1.82) is 0 Å². The molecule has 0 rings (SSSR count). The van der Waals surface area contributed by atoms with Gasteiger partial charge in [0.25, 0.3) is 0 Å². The van der Waals surface area contributed by atoms with Crippen molar-refractivity contribution >= 4 is 5.97 Å². The maximum atomic E-state index is 10.3. The van der Waals surface area contributed by atoms with Gasteiger partial charge in [0, 0.05) is 6.42 Å². The normalized spacial score (nSPS) is 11.8. The number of rotatable bonds is 14. The van der Waals surface area contributed by atoms with E-state index in [1.165, 1.54) is 64.2 Å². The van der Waals surface area contributed by atoms with Crippen LogP contribution >= 0.6 is 0 Å². The molecule has 0 heterocycles. The first-order valence-electron chi connectivity index (χ1n) is 8.76. The first-order valence-corrected chi connectivity index (χ1v) is 8.76. The van der Waals surface area contributed by atoms with Crippen LogP contribution in [0.5, 0.6) is 0 Å². The van der Waals surface area contributed by atoms with Gasteiger partial charge in [0.2, 0.25) is 0 Å². The fourth-order valence-electron chi connectivity index (χ4n) is 2.67. The second-order valence-corrected chi connectivity index (χ2v) is 6.59. The van der Waals surface area contributed by atoms with Crippen molar-refractivity contribution in [2.75, 3.05) is 0 Å². The molecule has 0 aromatic heterocycles. The van der Waals surface area contributed by atoms with Gasteiger partial charge in [-0.2, -0.15) is 0 Å². The summed E-state index contributed by atoms with van der Waals surface area (Å²) in [6.07, 6.45) is 15.6. The van der Waals surface area contributed by atoms with E-state index in [2.05, 4.69) is 20.8 Å². The Labute approximate surface area is 126 Å². The van der Waals surface area contributed by atoms with Crippen molar-refractivity contribution in [1.82, 2.24) is 0 Å². The van der Waals surface area contributed by atoms with Gasteiger partial charge in [0.1, 0.15) is 0 Å². The summed E-state index contributed by atoms with van der Waals surface area (Å²) in [5.74, 6) is -0.656. The van der Waals surface area contributed by atoms with E-state index in [4.69, 9.17) is 5.11 Å². The number of carboxylic acid groups (broad SMARTS) is 1. The van der Waals surface area contributed by atoms with Gasteiger partial charge in [-0.1, -0.05) is 85.0 Å². The van der Waals surface area contributed by atoms with Crippen LogP contribution in [0.1, 0.15) is 104 Å². The smallest absolute Gasteiger partial charge is 0.303 e. The molecule has 0 radical (unpaired) electrons. The van der Waals surface area contributed by atoms with Crippen LogP contribution in [0.4, 0.5) is 0 Å². The minimum atomic E-state index is -0.656. The molecule has 20 heavy (non-hydrogen) atoms. The molecule has 0 aliphatic rings. The molecule has 120 valence electrons. The molecule has 0 fully saturated rings. The lowest BCUT2D eigenvalue weighted by atomic mass is 9.80. The van der Waals surface area contributed by atoms with Gasteiger partial charge in [-0.05, 0) is 18.3 Å². The first kappa shape index (κ1) is 19.5. The maximum Gasteiger partial charge on any atom is 0.303 e. The highest BCUT2D eigenvalue weighted by Gasteiger charge is 2.18. The zero-order valence-electron chi connectivity index (χ0n) is 14.0. The lowest BCUT2D eigenvalue weighted by Crippen LogP contribution is -2.13. The van der Waals surface area contributed by atoms with Gasteiger partial charge in [0.05, 0.1) is 0 Å². The van der Waals surface area contributed by atoms with Crippen LogP contribution in [-0.2, 0) is 4.79 Å². The third-order valence-corrected chi connectivity index (χ3v) is 4.88. The van der Waals surface area contributed by atoms with Crippen molar-refractivity contribution < 1.29 is 9.90 Å². The summed E-state index contributed by atoms with van der Waals surface area (Å²) < 4.78 is 0. The fourth-order valence-corrected chi connectivity index (χ4v) is 2.67. The highest BCUT2D eigenvalue weighted by Crippen LogP contribution is 2.31. The van der Waals surface area contributed by atoms with Gasteiger partial charge in [-0.3, -0.25) is 4.79 Å². The maximum absolute atomic E-state index is 10.3. The van der Waals surface area contributed by atoms with E-state index in [0.717, 1.165) is 12.8 Å². The molecule has 1 N–H and O–H groups in total. The van der Waals surface area contributed by atoms with Crippen molar-refractivity contribution in [3.8, 4) is 0 Å². The molecule has 0 aromatic carbocycles. The first-order chi connectivity index (χ1) is 9.54. The second-order valence-electron chi connectivity index (χ2n) is 6.59. The summed E-state index contributed by atoms with van der Waals surface area (Å²) in [6, 6.07) is 0. The number of aliphatic carboxylic acids is 1. The molecular weight excluding hydrogens is 248 g/mol. The Hall–Kier alpha value is -0.530. The summed E-state index contributed by atoms with van der Waals surface area (Å²) in [7, 11) is 0. The van der Waals surface area contributed by atoms with E-state index in [-0.39, 0.29) is 0 Å². The summed E-state index contributed by atoms with van der Waals surface area (Å²) in [6.45, 7) is 7.05. The van der Waals surface area contributed by atoms with Crippen LogP contribution in [0.25, 0.3) is 0 Å². The van der Waals surface area contributed by atoms with Crippen LogP contribution in [0.15, 0.2) is 0 Å². The zero-order chi connectivity index (χ0) is 15.3. The standard InChI is InChI=1S/C18H36O2/c1-4-18(3,5-2)16-14-12-10-8-6-7-9-11-13-15-17(19)20/h4-16H2,1-3H3,(H,19,20). The number of carbonyl (C=O) groups is 1. The Balaban J connectivity index is 3.23. The predicted octanol–water partition coefficient (Wildman–Crippen LogP) is 6.19. The quantitative estimate of drug-likeness (QED) is 0.386. The molecule has 0 saturated carbocycles. The van der Waals surface area contributed by atoms with E-state index >= 15 is 0 Å². The molecule has 0 saturated heterocycles. The Morgan fingerprint density at radius 2 is 1.20 bits per heavy atom. The van der Waals surface area contributed by atoms with E-state index in [9.17, 15) is 4.79 Å². The minimum Gasteiger partial charge on any atom is -0.481 e. The molecule has 0 aromatic rings. The molecule has 0 amide bonds. The van der Waals surface area contributed by atoms with Gasteiger partial charge < -0.3 is 5.11 Å². The van der Waals surface area contributed by atoms with Crippen LogP contribution < -0.4 is 0 Å². The Kier molecular flexibility index (Phi) is 11.9. The molecule has 2 nitrogen and oxygen atoms in total. The summed E-state index contributed by atoms with van der Waals surface area (Å²) in [5.41, 5.74) is 0.574. The number of carboxylic acids is 1. The SMILES string of the molecule is CCC(C)(CC)CCCCCCCCCCCC(=O)O. The van der Waals surface area contributed by atoms with E-state index in [1.807, 2.05) is 0 Å². The van der Waals surface area contributed by atoms with Crippen LogP contribution in [-0.4, -0.2) is 11.1 Å². The molecule has 0 spiro atoms. The van der Waals surface area contributed by atoms with Gasteiger partial charge in [0.15, 0.2) is 0 Å². The Bertz CT molecular complexity index is 232. The molecule has 2 heteroatoms. The number of unbranched alkanes of at least 4 members (excludes halogenated alkanes) is 8. The van der Waals surface area contributed by atoms with Crippen LogP contribution in [0.3, 0.4) is 0 Å². The third kappa shape index (κ3) is 11.3. The molecule has 0 aliphatic carbocycles. The summed E-state index contributed by atoms with van der Waals surface area (Å²) >= 11 is 0. The van der Waals surface area contributed by atoms with Crippen molar-refractivity contribution in [2.45, 2.75) is 104 Å². The molecular formula is C18H36O2. The second kappa shape index (κ2) is 12.2. The Morgan fingerprint density at radius 1 is 0.800 bits per heavy atom. The molecule has 0 unspecified atom stereocenters. The number of hydrogen-bond acceptors (Lipinski definition) is 1. The number of hydrogen-bond donors (Lipinski definition) is 1. The van der Waals surface area contributed by atoms with Gasteiger partial charge in [-0.25, -0.2) is 0 Å². The monoisotopic (exact) mass is 284 g/mol. The highest BCUT2D eigenvalue weighted by atomic mass is 16.4.